The molecule has 8 heteroatoms. The molecule has 1 unspecified atom stereocenters. The first kappa shape index (κ1) is 26.1. The molecule has 4 rings (SSSR count). The number of carbonyl (C=O) groups excluding carboxylic acids is 1. The number of hydrogen-bond acceptors (Lipinski definition) is 5. The van der Waals surface area contributed by atoms with Crippen molar-refractivity contribution in [2.45, 2.75) is 10.1 Å². The van der Waals surface area contributed by atoms with E-state index in [1.807, 2.05) is 84.9 Å². The van der Waals surface area contributed by atoms with E-state index in [1.165, 1.54) is 11.8 Å². The average Bonchev–Trinajstić information content (AvgIpc) is 2.93. The number of nitrogens with one attached hydrogen (secondary N) is 3. The fourth-order valence-corrected chi connectivity index (χ4v) is 4.83. The van der Waals surface area contributed by atoms with E-state index in [1.54, 1.807) is 32.4 Å². The van der Waals surface area contributed by atoms with Gasteiger partial charge >= 0.3 is 0 Å². The fraction of sp³-hybridized carbons (Fsp3) is 0.103. The highest BCUT2D eigenvalue weighted by atomic mass is 32.2. The Morgan fingerprint density at radius 1 is 0.757 bits per heavy atom. The molecule has 0 saturated heterocycles. The summed E-state index contributed by atoms with van der Waals surface area (Å²) in [6, 6.07) is 32.5. The molecule has 3 N–H and O–H groups in total. The van der Waals surface area contributed by atoms with Gasteiger partial charge in [0.2, 0.25) is 5.91 Å². The van der Waals surface area contributed by atoms with Gasteiger partial charge in [-0.1, -0.05) is 48.5 Å². The second-order valence-electron chi connectivity index (χ2n) is 7.93. The SMILES string of the molecule is COc1ccc(NC(=O)C(Sc2ccc(NC(=S)Nc3ccccc3)cc2)c2ccccc2)c(OC)c1. The van der Waals surface area contributed by atoms with Crippen LogP contribution in [0.2, 0.25) is 0 Å². The van der Waals surface area contributed by atoms with Crippen LogP contribution in [0.15, 0.2) is 108 Å². The Morgan fingerprint density at radius 2 is 1.38 bits per heavy atom. The van der Waals surface area contributed by atoms with Crippen molar-refractivity contribution in [2.24, 2.45) is 0 Å². The van der Waals surface area contributed by atoms with Gasteiger partial charge in [0.25, 0.3) is 0 Å². The van der Waals surface area contributed by atoms with Gasteiger partial charge in [-0.2, -0.15) is 0 Å². The molecule has 0 radical (unpaired) electrons. The minimum absolute atomic E-state index is 0.157. The third-order valence-corrected chi connectivity index (χ3v) is 6.88. The molecular formula is C29H27N3O3S2. The van der Waals surface area contributed by atoms with Gasteiger partial charge in [-0.3, -0.25) is 4.79 Å². The van der Waals surface area contributed by atoms with E-state index in [0.717, 1.165) is 21.8 Å². The second-order valence-corrected chi connectivity index (χ2v) is 9.52. The molecule has 4 aromatic rings. The summed E-state index contributed by atoms with van der Waals surface area (Å²) < 4.78 is 10.7. The van der Waals surface area contributed by atoms with E-state index >= 15 is 0 Å². The zero-order valence-electron chi connectivity index (χ0n) is 20.4. The van der Waals surface area contributed by atoms with Crippen molar-refractivity contribution in [3.63, 3.8) is 0 Å². The molecule has 0 aromatic heterocycles. The summed E-state index contributed by atoms with van der Waals surface area (Å²) in [5.41, 5.74) is 3.24. The monoisotopic (exact) mass is 529 g/mol. The van der Waals surface area contributed by atoms with Gasteiger partial charge < -0.3 is 25.4 Å². The van der Waals surface area contributed by atoms with Crippen LogP contribution in [0.4, 0.5) is 17.1 Å². The first-order chi connectivity index (χ1) is 18.1. The maximum Gasteiger partial charge on any atom is 0.242 e. The molecule has 0 aliphatic rings. The summed E-state index contributed by atoms with van der Waals surface area (Å²) in [5.74, 6) is 1.02. The Labute approximate surface area is 226 Å². The molecule has 0 heterocycles. The molecule has 1 atom stereocenters. The molecule has 0 saturated carbocycles. The highest BCUT2D eigenvalue weighted by Gasteiger charge is 2.23. The van der Waals surface area contributed by atoms with Crippen LogP contribution in [-0.4, -0.2) is 25.2 Å². The lowest BCUT2D eigenvalue weighted by Crippen LogP contribution is -2.19. The number of para-hydroxylation sites is 1. The number of amides is 1. The predicted molar refractivity (Wildman–Crippen MR) is 156 cm³/mol. The lowest BCUT2D eigenvalue weighted by Gasteiger charge is -2.19. The summed E-state index contributed by atoms with van der Waals surface area (Å²) >= 11 is 6.89. The zero-order chi connectivity index (χ0) is 26.0. The van der Waals surface area contributed by atoms with Gasteiger partial charge in [-0.15, -0.1) is 11.8 Å². The Hall–Kier alpha value is -4.01. The summed E-state index contributed by atoms with van der Waals surface area (Å²) in [7, 11) is 3.15. The van der Waals surface area contributed by atoms with E-state index < -0.39 is 5.25 Å². The number of benzene rings is 4. The van der Waals surface area contributed by atoms with Crippen molar-refractivity contribution in [2.75, 3.05) is 30.2 Å². The Kier molecular flexibility index (Phi) is 9.02. The predicted octanol–water partition coefficient (Wildman–Crippen LogP) is 6.98. The standard InChI is InChI=1S/C29H27N3O3S2/c1-34-23-15-18-25(26(19-23)35-2)32-28(33)27(20-9-5-3-6-10-20)37-24-16-13-22(14-17-24)31-29(36)30-21-11-7-4-8-12-21/h3-19,27H,1-2H3,(H,32,33)(H2,30,31,36). The summed E-state index contributed by atoms with van der Waals surface area (Å²) in [4.78, 5) is 14.4. The highest BCUT2D eigenvalue weighted by Crippen LogP contribution is 2.38. The van der Waals surface area contributed by atoms with Crippen molar-refractivity contribution in [1.82, 2.24) is 0 Å². The number of thioether (sulfide) groups is 1. The molecule has 0 spiro atoms. The molecule has 188 valence electrons. The van der Waals surface area contributed by atoms with E-state index in [2.05, 4.69) is 16.0 Å². The van der Waals surface area contributed by atoms with Crippen LogP contribution in [0.1, 0.15) is 10.8 Å². The Morgan fingerprint density at radius 3 is 2.00 bits per heavy atom. The topological polar surface area (TPSA) is 71.6 Å². The lowest BCUT2D eigenvalue weighted by atomic mass is 10.1. The first-order valence-electron chi connectivity index (χ1n) is 11.5. The highest BCUT2D eigenvalue weighted by molar-refractivity contribution is 8.00. The van der Waals surface area contributed by atoms with E-state index in [9.17, 15) is 4.79 Å². The normalized spacial score (nSPS) is 11.2. The van der Waals surface area contributed by atoms with Gasteiger partial charge in [0, 0.05) is 22.3 Å². The van der Waals surface area contributed by atoms with Crippen molar-refractivity contribution >= 4 is 52.1 Å². The van der Waals surface area contributed by atoms with Crippen LogP contribution in [-0.2, 0) is 4.79 Å². The number of rotatable bonds is 9. The van der Waals surface area contributed by atoms with Crippen LogP contribution in [0.3, 0.4) is 0 Å². The first-order valence-corrected chi connectivity index (χ1v) is 12.8. The summed E-state index contributed by atoms with van der Waals surface area (Å²) in [6.45, 7) is 0. The molecule has 0 fully saturated rings. The van der Waals surface area contributed by atoms with Gasteiger partial charge in [0.15, 0.2) is 5.11 Å². The van der Waals surface area contributed by atoms with Gasteiger partial charge in [0.1, 0.15) is 16.7 Å². The number of thiocarbonyl (C=S) groups is 1. The Bertz CT molecular complexity index is 1330. The van der Waals surface area contributed by atoms with Crippen LogP contribution in [0.25, 0.3) is 0 Å². The molecule has 0 aliphatic carbocycles. The van der Waals surface area contributed by atoms with Crippen LogP contribution in [0, 0.1) is 0 Å². The molecule has 0 bridgehead atoms. The molecule has 0 aliphatic heterocycles. The largest absolute Gasteiger partial charge is 0.497 e. The average molecular weight is 530 g/mol. The fourth-order valence-electron chi connectivity index (χ4n) is 3.57. The number of anilines is 3. The minimum Gasteiger partial charge on any atom is -0.497 e. The summed E-state index contributed by atoms with van der Waals surface area (Å²) in [6.07, 6.45) is 0. The van der Waals surface area contributed by atoms with Crippen LogP contribution < -0.4 is 25.4 Å². The molecule has 37 heavy (non-hydrogen) atoms. The van der Waals surface area contributed by atoms with Gasteiger partial charge in [-0.25, -0.2) is 0 Å². The third-order valence-electron chi connectivity index (χ3n) is 5.40. The maximum absolute atomic E-state index is 13.5. The second kappa shape index (κ2) is 12.8. The summed E-state index contributed by atoms with van der Waals surface area (Å²) in [5, 5.41) is 9.38. The van der Waals surface area contributed by atoms with Crippen molar-refractivity contribution < 1.29 is 14.3 Å². The third kappa shape index (κ3) is 7.25. The van der Waals surface area contributed by atoms with Crippen LogP contribution >= 0.6 is 24.0 Å². The lowest BCUT2D eigenvalue weighted by molar-refractivity contribution is -0.115. The number of carbonyl (C=O) groups is 1. The Balaban J connectivity index is 1.47. The number of hydrogen-bond donors (Lipinski definition) is 3. The van der Waals surface area contributed by atoms with E-state index in [4.69, 9.17) is 21.7 Å². The minimum atomic E-state index is -0.479. The van der Waals surface area contributed by atoms with Crippen molar-refractivity contribution in [3.05, 3.63) is 109 Å². The molecule has 4 aromatic carbocycles. The smallest absolute Gasteiger partial charge is 0.242 e. The number of ether oxygens (including phenoxy) is 2. The maximum atomic E-state index is 13.5. The van der Waals surface area contributed by atoms with E-state index in [-0.39, 0.29) is 5.91 Å². The molecule has 1 amide bonds. The van der Waals surface area contributed by atoms with Crippen molar-refractivity contribution in [1.29, 1.82) is 0 Å². The quantitative estimate of drug-likeness (QED) is 0.159. The molecule has 6 nitrogen and oxygen atoms in total. The van der Waals surface area contributed by atoms with Crippen molar-refractivity contribution in [3.8, 4) is 11.5 Å². The zero-order valence-corrected chi connectivity index (χ0v) is 22.1. The van der Waals surface area contributed by atoms with Crippen LogP contribution in [0.5, 0.6) is 11.5 Å². The molecular weight excluding hydrogens is 502 g/mol. The van der Waals surface area contributed by atoms with Gasteiger partial charge in [0.05, 0.1) is 19.9 Å². The van der Waals surface area contributed by atoms with Gasteiger partial charge in [-0.05, 0) is 66.3 Å². The number of methoxy groups -OCH3 is 2. The van der Waals surface area contributed by atoms with E-state index in [0.29, 0.717) is 22.3 Å².